The minimum atomic E-state index is -0.397. The van der Waals surface area contributed by atoms with Gasteiger partial charge in [0.1, 0.15) is 11.3 Å². The van der Waals surface area contributed by atoms with Crippen molar-refractivity contribution in [2.75, 3.05) is 12.8 Å². The molecule has 0 aliphatic heterocycles. The van der Waals surface area contributed by atoms with E-state index in [-0.39, 0.29) is 0 Å². The Bertz CT molecular complexity index is 1240. The molecule has 3 aromatic heterocycles. The summed E-state index contributed by atoms with van der Waals surface area (Å²) in [5.41, 5.74) is 11.1. The molecular formula is C22H19N5O2. The quantitative estimate of drug-likeness (QED) is 0.536. The van der Waals surface area contributed by atoms with Gasteiger partial charge in [0, 0.05) is 11.9 Å². The van der Waals surface area contributed by atoms with Crippen LogP contribution < -0.4 is 5.73 Å². The topological polar surface area (TPSA) is 95.9 Å². The molecule has 0 amide bonds. The highest BCUT2D eigenvalue weighted by Gasteiger charge is 2.18. The second kappa shape index (κ2) is 7.20. The molecule has 2 N–H and O–H groups in total. The second-order valence-corrected chi connectivity index (χ2v) is 6.57. The summed E-state index contributed by atoms with van der Waals surface area (Å²) in [6.45, 7) is 5.88. The highest BCUT2D eigenvalue weighted by Crippen LogP contribution is 2.31. The van der Waals surface area contributed by atoms with Crippen LogP contribution >= 0.6 is 0 Å². The van der Waals surface area contributed by atoms with Gasteiger partial charge >= 0.3 is 5.97 Å². The fraction of sp³-hybridized carbons (Fsp3) is 0.0909. The van der Waals surface area contributed by atoms with Crippen LogP contribution in [0.15, 0.2) is 61.3 Å². The van der Waals surface area contributed by atoms with E-state index >= 15 is 0 Å². The average molecular weight is 385 g/mol. The summed E-state index contributed by atoms with van der Waals surface area (Å²) in [6, 6.07) is 14.5. The lowest BCUT2D eigenvalue weighted by molar-refractivity contribution is 0.0601. The van der Waals surface area contributed by atoms with E-state index in [0.29, 0.717) is 33.9 Å². The molecule has 0 aliphatic rings. The Kier molecular flexibility index (Phi) is 4.56. The largest absolute Gasteiger partial charge is 0.465 e. The van der Waals surface area contributed by atoms with Gasteiger partial charge in [0.05, 0.1) is 23.9 Å². The Labute approximate surface area is 167 Å². The number of rotatable bonds is 4. The number of fused-ring (bicyclic) bond motifs is 1. The van der Waals surface area contributed by atoms with E-state index in [9.17, 15) is 4.79 Å². The maximum Gasteiger partial charge on any atom is 0.337 e. The normalized spacial score (nSPS) is 10.8. The molecule has 0 saturated heterocycles. The van der Waals surface area contributed by atoms with Crippen LogP contribution in [0.5, 0.6) is 0 Å². The zero-order chi connectivity index (χ0) is 20.5. The number of nitrogens with two attached hydrogens (primary N) is 1. The highest BCUT2D eigenvalue weighted by atomic mass is 16.5. The number of imidazole rings is 1. The summed E-state index contributed by atoms with van der Waals surface area (Å²) in [7, 11) is 1.35. The Morgan fingerprint density at radius 2 is 1.86 bits per heavy atom. The number of hydrogen-bond acceptors (Lipinski definition) is 6. The molecule has 4 aromatic rings. The molecule has 0 aliphatic carbocycles. The lowest BCUT2D eigenvalue weighted by Crippen LogP contribution is -2.04. The summed E-state index contributed by atoms with van der Waals surface area (Å²) >= 11 is 0. The van der Waals surface area contributed by atoms with Crippen molar-refractivity contribution in [2.24, 2.45) is 0 Å². The summed E-state index contributed by atoms with van der Waals surface area (Å²) in [5, 5.41) is 0. The zero-order valence-corrected chi connectivity index (χ0v) is 16.1. The maximum atomic E-state index is 11.8. The molecule has 7 heteroatoms. The second-order valence-electron chi connectivity index (χ2n) is 6.57. The molecule has 0 spiro atoms. The van der Waals surface area contributed by atoms with Crippen LogP contribution in [0.25, 0.3) is 33.8 Å². The van der Waals surface area contributed by atoms with Gasteiger partial charge in [0.2, 0.25) is 0 Å². The first-order valence-corrected chi connectivity index (χ1v) is 8.94. The smallest absolute Gasteiger partial charge is 0.337 e. The van der Waals surface area contributed by atoms with Crippen LogP contribution in [-0.2, 0) is 4.74 Å². The van der Waals surface area contributed by atoms with Gasteiger partial charge in [-0.3, -0.25) is 4.57 Å². The number of anilines is 1. The van der Waals surface area contributed by atoms with E-state index < -0.39 is 5.97 Å². The van der Waals surface area contributed by atoms with Crippen LogP contribution in [0.1, 0.15) is 23.0 Å². The lowest BCUT2D eigenvalue weighted by Gasteiger charge is -2.11. The van der Waals surface area contributed by atoms with Gasteiger partial charge in [-0.2, -0.15) is 0 Å². The Morgan fingerprint density at radius 1 is 1.10 bits per heavy atom. The minimum absolute atomic E-state index is 0.371. The third-order valence-corrected chi connectivity index (χ3v) is 4.57. The molecule has 7 nitrogen and oxygen atoms in total. The van der Waals surface area contributed by atoms with Crippen molar-refractivity contribution in [3.8, 4) is 17.1 Å². The average Bonchev–Trinajstić information content (AvgIpc) is 3.12. The molecule has 4 rings (SSSR count). The number of aromatic nitrogens is 4. The van der Waals surface area contributed by atoms with Gasteiger partial charge in [-0.1, -0.05) is 6.58 Å². The van der Waals surface area contributed by atoms with Gasteiger partial charge in [0.15, 0.2) is 11.5 Å². The Morgan fingerprint density at radius 3 is 2.52 bits per heavy atom. The van der Waals surface area contributed by atoms with Crippen LogP contribution in [-0.4, -0.2) is 32.6 Å². The summed E-state index contributed by atoms with van der Waals surface area (Å²) < 4.78 is 6.68. The van der Waals surface area contributed by atoms with E-state index in [0.717, 1.165) is 17.0 Å². The van der Waals surface area contributed by atoms with Gasteiger partial charge in [0.25, 0.3) is 0 Å². The zero-order valence-electron chi connectivity index (χ0n) is 16.1. The molecule has 3 heterocycles. The number of nitrogen functional groups attached to an aromatic ring is 1. The Balaban J connectivity index is 2.00. The third-order valence-electron chi connectivity index (χ3n) is 4.57. The van der Waals surface area contributed by atoms with Crippen molar-refractivity contribution in [1.29, 1.82) is 0 Å². The highest BCUT2D eigenvalue weighted by molar-refractivity contribution is 5.90. The number of pyridine rings is 2. The number of ether oxygens (including phenoxy) is 1. The predicted octanol–water partition coefficient (Wildman–Crippen LogP) is 3.88. The van der Waals surface area contributed by atoms with E-state index in [2.05, 4.69) is 11.6 Å². The van der Waals surface area contributed by atoms with Gasteiger partial charge in [-0.05, 0) is 61.0 Å². The summed E-state index contributed by atoms with van der Waals surface area (Å²) in [6.07, 6.45) is 1.63. The molecule has 0 atom stereocenters. The third kappa shape index (κ3) is 3.23. The molecule has 1 aromatic carbocycles. The maximum absolute atomic E-state index is 11.8. The summed E-state index contributed by atoms with van der Waals surface area (Å²) in [4.78, 5) is 25.5. The number of carbonyl (C=O) groups is 1. The van der Waals surface area contributed by atoms with Crippen molar-refractivity contribution in [3.63, 3.8) is 0 Å². The molecule has 144 valence electrons. The fourth-order valence-electron chi connectivity index (χ4n) is 3.09. The van der Waals surface area contributed by atoms with Crippen LogP contribution in [0.2, 0.25) is 0 Å². The molecule has 0 radical (unpaired) electrons. The van der Waals surface area contributed by atoms with Crippen molar-refractivity contribution < 1.29 is 9.53 Å². The molecule has 0 fully saturated rings. The number of methoxy groups -OCH3 is 1. The monoisotopic (exact) mass is 385 g/mol. The van der Waals surface area contributed by atoms with E-state index in [1.807, 2.05) is 47.9 Å². The van der Waals surface area contributed by atoms with Crippen LogP contribution in [0.4, 0.5) is 5.82 Å². The predicted molar refractivity (Wildman–Crippen MR) is 113 cm³/mol. The van der Waals surface area contributed by atoms with Crippen LogP contribution in [0, 0.1) is 0 Å². The molecule has 0 bridgehead atoms. The minimum Gasteiger partial charge on any atom is -0.465 e. The molecule has 29 heavy (non-hydrogen) atoms. The first kappa shape index (κ1) is 18.4. The molecular weight excluding hydrogens is 366 g/mol. The number of carbonyl (C=O) groups excluding carboxylic acids is 1. The number of esters is 1. The summed E-state index contributed by atoms with van der Waals surface area (Å²) in [5.74, 6) is 0.588. The van der Waals surface area contributed by atoms with Crippen molar-refractivity contribution >= 4 is 28.5 Å². The van der Waals surface area contributed by atoms with Crippen LogP contribution in [0.3, 0.4) is 0 Å². The number of hydrogen-bond donors (Lipinski definition) is 1. The standard InChI is InChI=1S/C22H19N5O2/c1-13(2)17-10-11-18-21(25-17)27(15-8-6-14(7-9-15)22(28)29-3)20(26-18)16-5-4-12-24-19(16)23/h4-12H,1H2,2-3H3,(H2,23,24). The van der Waals surface area contributed by atoms with Crippen molar-refractivity contribution in [2.45, 2.75) is 6.92 Å². The SMILES string of the molecule is C=C(C)c1ccc2nc(-c3cccnc3N)n(-c3ccc(C(=O)OC)cc3)c2n1. The van der Waals surface area contributed by atoms with E-state index in [4.69, 9.17) is 20.4 Å². The first-order chi connectivity index (χ1) is 14.0. The fourth-order valence-corrected chi connectivity index (χ4v) is 3.09. The van der Waals surface area contributed by atoms with E-state index in [1.54, 1.807) is 18.3 Å². The molecule has 0 unspecified atom stereocenters. The number of benzene rings is 1. The van der Waals surface area contributed by atoms with Crippen molar-refractivity contribution in [3.05, 3.63) is 72.6 Å². The van der Waals surface area contributed by atoms with Gasteiger partial charge in [-0.25, -0.2) is 19.7 Å². The van der Waals surface area contributed by atoms with E-state index in [1.165, 1.54) is 7.11 Å². The Hall–Kier alpha value is -4.00. The van der Waals surface area contributed by atoms with Gasteiger partial charge in [-0.15, -0.1) is 0 Å². The lowest BCUT2D eigenvalue weighted by atomic mass is 10.2. The number of nitrogens with zero attached hydrogens (tertiary/aromatic N) is 4. The van der Waals surface area contributed by atoms with Gasteiger partial charge < -0.3 is 10.5 Å². The van der Waals surface area contributed by atoms with Crippen molar-refractivity contribution in [1.82, 2.24) is 19.5 Å². The number of allylic oxidation sites excluding steroid dienone is 1. The molecule has 0 saturated carbocycles. The first-order valence-electron chi connectivity index (χ1n) is 8.94.